The Kier molecular flexibility index (Phi) is 5.40. The summed E-state index contributed by atoms with van der Waals surface area (Å²) in [4.78, 5) is 8.09. The maximum Gasteiger partial charge on any atom is 0.174 e. The third-order valence-electron chi connectivity index (χ3n) is 5.36. The van der Waals surface area contributed by atoms with E-state index in [0.717, 1.165) is 22.9 Å². The second-order valence-electron chi connectivity index (χ2n) is 7.37. The molecule has 2 aromatic heterocycles. The Morgan fingerprint density at radius 3 is 2.35 bits per heavy atom. The van der Waals surface area contributed by atoms with E-state index < -0.39 is 0 Å². The van der Waals surface area contributed by atoms with E-state index in [-0.39, 0.29) is 12.1 Å². The number of rotatable bonds is 5. The smallest absolute Gasteiger partial charge is 0.174 e. The lowest BCUT2D eigenvalue weighted by molar-refractivity contribution is 0.482. The van der Waals surface area contributed by atoms with Crippen molar-refractivity contribution < 1.29 is 4.74 Å². The van der Waals surface area contributed by atoms with Crippen molar-refractivity contribution in [3.63, 3.8) is 0 Å². The van der Waals surface area contributed by atoms with Gasteiger partial charge in [0, 0.05) is 16.8 Å². The van der Waals surface area contributed by atoms with Gasteiger partial charge in [0.05, 0.1) is 17.8 Å². The van der Waals surface area contributed by atoms with Crippen LogP contribution in [0.2, 0.25) is 0 Å². The number of ether oxygens (including phenoxy) is 1. The molecule has 0 unspecified atom stereocenters. The largest absolute Gasteiger partial charge is 0.457 e. The van der Waals surface area contributed by atoms with Gasteiger partial charge in [0.2, 0.25) is 0 Å². The van der Waals surface area contributed by atoms with Gasteiger partial charge in [0.15, 0.2) is 5.11 Å². The molecule has 31 heavy (non-hydrogen) atoms. The number of para-hydroxylation sites is 1. The molecule has 2 atom stereocenters. The second kappa shape index (κ2) is 8.49. The van der Waals surface area contributed by atoms with Crippen molar-refractivity contribution in [2.24, 2.45) is 0 Å². The van der Waals surface area contributed by atoms with Gasteiger partial charge < -0.3 is 15.0 Å². The van der Waals surface area contributed by atoms with Gasteiger partial charge in [-0.2, -0.15) is 0 Å². The molecule has 5 rings (SSSR count). The fourth-order valence-electron chi connectivity index (χ4n) is 3.89. The molecule has 154 valence electrons. The first-order valence-corrected chi connectivity index (χ1v) is 11.4. The van der Waals surface area contributed by atoms with Crippen LogP contribution in [-0.4, -0.2) is 10.1 Å². The third kappa shape index (κ3) is 3.92. The fourth-order valence-corrected chi connectivity index (χ4v) is 5.29. The minimum Gasteiger partial charge on any atom is -0.457 e. The molecule has 1 N–H and O–H groups in total. The van der Waals surface area contributed by atoms with Crippen molar-refractivity contribution in [1.29, 1.82) is 0 Å². The van der Waals surface area contributed by atoms with Crippen molar-refractivity contribution in [1.82, 2.24) is 10.3 Å². The number of aromatic nitrogens is 1. The Morgan fingerprint density at radius 2 is 1.68 bits per heavy atom. The summed E-state index contributed by atoms with van der Waals surface area (Å²) in [5, 5.41) is 6.34. The molecule has 4 nitrogen and oxygen atoms in total. The number of aryl methyl sites for hydroxylation is 1. The van der Waals surface area contributed by atoms with Gasteiger partial charge in [0.25, 0.3) is 0 Å². The molecule has 1 fully saturated rings. The summed E-state index contributed by atoms with van der Waals surface area (Å²) in [6, 6.07) is 26.0. The predicted molar refractivity (Wildman–Crippen MR) is 130 cm³/mol. The topological polar surface area (TPSA) is 37.4 Å². The summed E-state index contributed by atoms with van der Waals surface area (Å²) >= 11 is 7.55. The van der Waals surface area contributed by atoms with Gasteiger partial charge in [-0.25, -0.2) is 0 Å². The van der Waals surface area contributed by atoms with Gasteiger partial charge in [-0.3, -0.25) is 4.98 Å². The Bertz CT molecular complexity index is 1180. The van der Waals surface area contributed by atoms with Gasteiger partial charge in [-0.1, -0.05) is 24.3 Å². The predicted octanol–water partition coefficient (Wildman–Crippen LogP) is 6.42. The molecule has 0 radical (unpaired) electrons. The van der Waals surface area contributed by atoms with E-state index in [0.29, 0.717) is 5.11 Å². The van der Waals surface area contributed by atoms with Crippen molar-refractivity contribution in [3.8, 4) is 11.5 Å². The molecule has 0 spiro atoms. The number of hydrogen-bond acceptors (Lipinski definition) is 4. The summed E-state index contributed by atoms with van der Waals surface area (Å²) in [6.07, 6.45) is 1.83. The van der Waals surface area contributed by atoms with Crippen molar-refractivity contribution in [3.05, 3.63) is 107 Å². The van der Waals surface area contributed by atoms with E-state index in [2.05, 4.69) is 51.8 Å². The first-order chi connectivity index (χ1) is 15.2. The minimum absolute atomic E-state index is 0.0219. The summed E-state index contributed by atoms with van der Waals surface area (Å²) < 4.78 is 5.96. The highest BCUT2D eigenvalue weighted by atomic mass is 32.1. The highest BCUT2D eigenvalue weighted by Crippen LogP contribution is 2.44. The molecule has 0 bridgehead atoms. The SMILES string of the molecule is Cc1ccsc1[C@@H]1[C@@H](c2ccccn2)NC(=S)N1c1ccc(Oc2ccccc2)cc1. The van der Waals surface area contributed by atoms with Crippen LogP contribution in [0.5, 0.6) is 11.5 Å². The van der Waals surface area contributed by atoms with Crippen LogP contribution in [0.1, 0.15) is 28.2 Å². The highest BCUT2D eigenvalue weighted by Gasteiger charge is 2.41. The van der Waals surface area contributed by atoms with Crippen LogP contribution in [0.4, 0.5) is 5.69 Å². The lowest BCUT2D eigenvalue weighted by atomic mass is 10.0. The van der Waals surface area contributed by atoms with Gasteiger partial charge in [-0.15, -0.1) is 11.3 Å². The molecular weight excluding hydrogens is 422 g/mol. The summed E-state index contributed by atoms with van der Waals surface area (Å²) in [6.45, 7) is 2.15. The quantitative estimate of drug-likeness (QED) is 0.360. The van der Waals surface area contributed by atoms with Crippen molar-refractivity contribution in [2.75, 3.05) is 4.90 Å². The molecule has 6 heteroatoms. The molecule has 1 saturated heterocycles. The van der Waals surface area contributed by atoms with E-state index in [1.54, 1.807) is 11.3 Å². The van der Waals surface area contributed by atoms with Gasteiger partial charge >= 0.3 is 0 Å². The minimum atomic E-state index is -0.0219. The molecule has 1 aliphatic heterocycles. The summed E-state index contributed by atoms with van der Waals surface area (Å²) in [7, 11) is 0. The maximum atomic E-state index is 5.96. The van der Waals surface area contributed by atoms with E-state index in [1.807, 2.05) is 60.8 Å². The number of hydrogen-bond donors (Lipinski definition) is 1. The first-order valence-electron chi connectivity index (χ1n) is 10.1. The zero-order chi connectivity index (χ0) is 21.2. The van der Waals surface area contributed by atoms with Crippen LogP contribution in [-0.2, 0) is 0 Å². The van der Waals surface area contributed by atoms with Crippen LogP contribution < -0.4 is 15.0 Å². The van der Waals surface area contributed by atoms with Crippen LogP contribution >= 0.6 is 23.6 Å². The Morgan fingerprint density at radius 1 is 0.935 bits per heavy atom. The number of nitrogens with one attached hydrogen (secondary N) is 1. The monoisotopic (exact) mass is 443 g/mol. The number of thiophene rings is 1. The molecule has 0 saturated carbocycles. The fraction of sp³-hybridized carbons (Fsp3) is 0.120. The van der Waals surface area contributed by atoms with E-state index in [4.69, 9.17) is 17.0 Å². The lowest BCUT2D eigenvalue weighted by Crippen LogP contribution is -2.29. The number of thiocarbonyl (C=S) groups is 1. The summed E-state index contributed by atoms with van der Waals surface area (Å²) in [5.74, 6) is 1.61. The molecule has 1 aliphatic rings. The van der Waals surface area contributed by atoms with Gasteiger partial charge in [-0.05, 0) is 84.7 Å². The van der Waals surface area contributed by atoms with Crippen LogP contribution in [0.25, 0.3) is 0 Å². The van der Waals surface area contributed by atoms with Crippen LogP contribution in [0.15, 0.2) is 90.4 Å². The average Bonchev–Trinajstić information content (AvgIpc) is 3.38. The Hall–Kier alpha value is -3.22. The standard InChI is InChI=1S/C25H21N3OS2/c1-17-14-16-31-24(17)23-22(21-9-5-6-15-26-21)27-25(30)28(23)18-10-12-20(13-11-18)29-19-7-3-2-4-8-19/h2-16,22-23H,1H3,(H,27,30)/t22-,23+/m1/s1. The Balaban J connectivity index is 1.49. The van der Waals surface area contributed by atoms with E-state index in [9.17, 15) is 0 Å². The number of pyridine rings is 1. The molecule has 0 amide bonds. The number of nitrogens with zero attached hydrogens (tertiary/aromatic N) is 2. The van der Waals surface area contributed by atoms with Crippen LogP contribution in [0, 0.1) is 6.92 Å². The second-order valence-corrected chi connectivity index (χ2v) is 8.71. The molecule has 4 aromatic rings. The summed E-state index contributed by atoms with van der Waals surface area (Å²) in [5.41, 5.74) is 3.26. The molecule has 3 heterocycles. The number of benzene rings is 2. The van der Waals surface area contributed by atoms with E-state index in [1.165, 1.54) is 10.4 Å². The zero-order valence-electron chi connectivity index (χ0n) is 16.9. The van der Waals surface area contributed by atoms with E-state index >= 15 is 0 Å². The Labute approximate surface area is 191 Å². The highest BCUT2D eigenvalue weighted by molar-refractivity contribution is 7.80. The third-order valence-corrected chi connectivity index (χ3v) is 6.77. The van der Waals surface area contributed by atoms with Gasteiger partial charge in [0.1, 0.15) is 11.5 Å². The van der Waals surface area contributed by atoms with Crippen LogP contribution in [0.3, 0.4) is 0 Å². The number of anilines is 1. The van der Waals surface area contributed by atoms with Crippen molar-refractivity contribution >= 4 is 34.4 Å². The van der Waals surface area contributed by atoms with Crippen molar-refractivity contribution in [2.45, 2.75) is 19.0 Å². The molecular formula is C25H21N3OS2. The zero-order valence-corrected chi connectivity index (χ0v) is 18.6. The average molecular weight is 444 g/mol. The maximum absolute atomic E-state index is 5.96. The normalized spacial score (nSPS) is 18.1. The molecule has 0 aliphatic carbocycles. The lowest BCUT2D eigenvalue weighted by Gasteiger charge is -2.27. The first kappa shape index (κ1) is 19.7. The molecule has 2 aromatic carbocycles.